The summed E-state index contributed by atoms with van der Waals surface area (Å²) in [5.41, 5.74) is 1.59. The van der Waals surface area contributed by atoms with Gasteiger partial charge in [0.1, 0.15) is 23.1 Å². The quantitative estimate of drug-likeness (QED) is 0.541. The molecular formula is C22H26FN7O2. The van der Waals surface area contributed by atoms with Gasteiger partial charge in [0.25, 0.3) is 0 Å². The van der Waals surface area contributed by atoms with Gasteiger partial charge in [-0.3, -0.25) is 9.48 Å². The van der Waals surface area contributed by atoms with Crippen molar-refractivity contribution in [2.45, 2.75) is 45.5 Å². The molecule has 3 heterocycles. The summed E-state index contributed by atoms with van der Waals surface area (Å²) in [5, 5.41) is 21.2. The molecule has 0 bridgehead atoms. The molecular weight excluding hydrogens is 413 g/mol. The first-order valence-electron chi connectivity index (χ1n) is 10.3. The number of anilines is 3. The van der Waals surface area contributed by atoms with Gasteiger partial charge in [0, 0.05) is 25.4 Å². The molecule has 4 rings (SSSR count). The number of likely N-dealkylation sites (N-methyl/N-ethyl adjacent to an activating group) is 1. The van der Waals surface area contributed by atoms with Crippen molar-refractivity contribution in [3.8, 4) is 0 Å². The summed E-state index contributed by atoms with van der Waals surface area (Å²) in [6.07, 6.45) is 3.53. The van der Waals surface area contributed by atoms with Crippen molar-refractivity contribution in [2.24, 2.45) is 0 Å². The Labute approximate surface area is 185 Å². The van der Waals surface area contributed by atoms with E-state index in [0.717, 1.165) is 5.56 Å². The van der Waals surface area contributed by atoms with E-state index in [0.29, 0.717) is 35.3 Å². The van der Waals surface area contributed by atoms with Crippen LogP contribution in [-0.4, -0.2) is 43.9 Å². The number of fused-ring (bicyclic) bond motifs is 1. The molecule has 3 N–H and O–H groups in total. The van der Waals surface area contributed by atoms with Crippen LogP contribution in [0.2, 0.25) is 0 Å². The molecule has 0 fully saturated rings. The fourth-order valence-corrected chi connectivity index (χ4v) is 3.61. The van der Waals surface area contributed by atoms with Gasteiger partial charge in [0.2, 0.25) is 11.9 Å². The molecule has 1 amide bonds. The van der Waals surface area contributed by atoms with E-state index in [2.05, 4.69) is 25.7 Å². The third-order valence-corrected chi connectivity index (χ3v) is 5.69. The van der Waals surface area contributed by atoms with Gasteiger partial charge in [-0.15, -0.1) is 0 Å². The summed E-state index contributed by atoms with van der Waals surface area (Å²) in [4.78, 5) is 22.9. The van der Waals surface area contributed by atoms with Crippen molar-refractivity contribution in [1.82, 2.24) is 19.7 Å². The minimum Gasteiger partial charge on any atom is -0.384 e. The Morgan fingerprint density at radius 1 is 1.28 bits per heavy atom. The Balaban J connectivity index is 1.44. The molecule has 1 unspecified atom stereocenters. The Morgan fingerprint density at radius 3 is 2.72 bits per heavy atom. The smallest absolute Gasteiger partial charge is 0.246 e. The normalized spacial score (nSPS) is 17.5. The van der Waals surface area contributed by atoms with Gasteiger partial charge in [-0.05, 0) is 38.5 Å². The number of nitrogens with one attached hydrogen (secondary N) is 2. The molecule has 2 aromatic heterocycles. The number of rotatable bonds is 6. The van der Waals surface area contributed by atoms with E-state index >= 15 is 0 Å². The van der Waals surface area contributed by atoms with Crippen LogP contribution in [-0.2, 0) is 23.5 Å². The van der Waals surface area contributed by atoms with Crippen molar-refractivity contribution in [2.75, 3.05) is 22.6 Å². The van der Waals surface area contributed by atoms with Gasteiger partial charge in [-0.25, -0.2) is 9.37 Å². The predicted octanol–water partition coefficient (Wildman–Crippen LogP) is 2.42. The molecule has 0 saturated heterocycles. The maximum absolute atomic E-state index is 13.2. The van der Waals surface area contributed by atoms with Gasteiger partial charge in [-0.1, -0.05) is 12.1 Å². The third-order valence-electron chi connectivity index (χ3n) is 5.69. The molecule has 0 saturated carbocycles. The van der Waals surface area contributed by atoms with Crippen LogP contribution in [0.3, 0.4) is 0 Å². The number of aliphatic hydroxyl groups is 1. The lowest BCUT2D eigenvalue weighted by Crippen LogP contribution is -2.44. The van der Waals surface area contributed by atoms with E-state index in [4.69, 9.17) is 0 Å². The van der Waals surface area contributed by atoms with Gasteiger partial charge >= 0.3 is 0 Å². The summed E-state index contributed by atoms with van der Waals surface area (Å²) >= 11 is 0. The van der Waals surface area contributed by atoms with E-state index in [1.54, 1.807) is 29.9 Å². The lowest BCUT2D eigenvalue weighted by Gasteiger charge is -2.32. The average molecular weight is 439 g/mol. The molecule has 0 aliphatic carbocycles. The fourth-order valence-electron chi connectivity index (χ4n) is 3.61. The number of carbonyl (C=O) groups is 1. The molecule has 9 nitrogen and oxygen atoms in total. The first-order valence-corrected chi connectivity index (χ1v) is 10.3. The largest absolute Gasteiger partial charge is 0.384 e. The SMILES string of the molecule is Cc1nc(NCc2cnn(CC(C)(O)c3ccc(F)cc3)c2)nc2c1NC(=O)[C@H](C)N2C. The highest BCUT2D eigenvalue weighted by Crippen LogP contribution is 2.32. The van der Waals surface area contributed by atoms with Crippen LogP contribution < -0.4 is 15.5 Å². The Morgan fingerprint density at radius 2 is 2.00 bits per heavy atom. The van der Waals surface area contributed by atoms with Crippen LogP contribution >= 0.6 is 0 Å². The maximum Gasteiger partial charge on any atom is 0.246 e. The number of hydrogen-bond donors (Lipinski definition) is 3. The van der Waals surface area contributed by atoms with E-state index in [1.807, 2.05) is 32.0 Å². The molecule has 10 heteroatoms. The highest BCUT2D eigenvalue weighted by molar-refractivity contribution is 6.03. The zero-order valence-corrected chi connectivity index (χ0v) is 18.4. The molecule has 3 aromatic rings. The van der Waals surface area contributed by atoms with E-state index < -0.39 is 5.60 Å². The Bertz CT molecular complexity index is 1140. The molecule has 1 aliphatic rings. The van der Waals surface area contributed by atoms with Crippen LogP contribution in [0.25, 0.3) is 0 Å². The summed E-state index contributed by atoms with van der Waals surface area (Å²) in [5.74, 6) is 0.677. The number of benzene rings is 1. The summed E-state index contributed by atoms with van der Waals surface area (Å²) in [6, 6.07) is 5.46. The molecule has 1 aromatic carbocycles. The molecule has 0 radical (unpaired) electrons. The van der Waals surface area contributed by atoms with E-state index in [-0.39, 0.29) is 24.3 Å². The van der Waals surface area contributed by atoms with E-state index in [9.17, 15) is 14.3 Å². The fraction of sp³-hybridized carbons (Fsp3) is 0.364. The average Bonchev–Trinajstić information content (AvgIpc) is 3.18. The van der Waals surface area contributed by atoms with Gasteiger partial charge in [0.05, 0.1) is 18.4 Å². The second-order valence-corrected chi connectivity index (χ2v) is 8.29. The second-order valence-electron chi connectivity index (χ2n) is 8.29. The molecule has 1 aliphatic heterocycles. The van der Waals surface area contributed by atoms with Crippen LogP contribution in [0, 0.1) is 12.7 Å². The van der Waals surface area contributed by atoms with Crippen molar-refractivity contribution < 1.29 is 14.3 Å². The van der Waals surface area contributed by atoms with Gasteiger partial charge in [-0.2, -0.15) is 10.1 Å². The summed E-state index contributed by atoms with van der Waals surface area (Å²) < 4.78 is 14.8. The third kappa shape index (κ3) is 4.26. The minimum absolute atomic E-state index is 0.0867. The van der Waals surface area contributed by atoms with Crippen molar-refractivity contribution >= 4 is 23.4 Å². The topological polar surface area (TPSA) is 108 Å². The van der Waals surface area contributed by atoms with Crippen molar-refractivity contribution in [1.29, 1.82) is 0 Å². The standard InChI is InChI=1S/C22H26FN7O2/c1-13-18-19(29(4)14(2)20(31)27-18)28-21(26-13)24-9-15-10-25-30(11-15)12-22(3,32)16-5-7-17(23)8-6-16/h5-8,10-11,14,32H,9,12H2,1-4H3,(H,27,31)(H,24,26,28)/t14-,22?/m0/s1. The second kappa shape index (κ2) is 8.19. The highest BCUT2D eigenvalue weighted by atomic mass is 19.1. The minimum atomic E-state index is -1.20. The number of nitrogens with zero attached hydrogens (tertiary/aromatic N) is 5. The van der Waals surface area contributed by atoms with Crippen molar-refractivity contribution in [3.63, 3.8) is 0 Å². The molecule has 32 heavy (non-hydrogen) atoms. The molecule has 0 spiro atoms. The monoisotopic (exact) mass is 439 g/mol. The number of amides is 1. The van der Waals surface area contributed by atoms with E-state index in [1.165, 1.54) is 12.1 Å². The van der Waals surface area contributed by atoms with Crippen LogP contribution in [0.4, 0.5) is 21.8 Å². The van der Waals surface area contributed by atoms with Gasteiger partial charge in [0.15, 0.2) is 5.82 Å². The number of hydrogen-bond acceptors (Lipinski definition) is 7. The van der Waals surface area contributed by atoms with Crippen LogP contribution in [0.15, 0.2) is 36.7 Å². The van der Waals surface area contributed by atoms with Crippen LogP contribution in [0.5, 0.6) is 0 Å². The predicted molar refractivity (Wildman–Crippen MR) is 119 cm³/mol. The zero-order valence-electron chi connectivity index (χ0n) is 18.4. The lowest BCUT2D eigenvalue weighted by atomic mass is 9.96. The zero-order chi connectivity index (χ0) is 23.0. The molecule has 168 valence electrons. The molecule has 2 atom stereocenters. The summed E-state index contributed by atoms with van der Waals surface area (Å²) in [6.45, 7) is 5.96. The maximum atomic E-state index is 13.2. The van der Waals surface area contributed by atoms with Crippen molar-refractivity contribution in [3.05, 3.63) is 59.3 Å². The highest BCUT2D eigenvalue weighted by Gasteiger charge is 2.30. The number of carbonyl (C=O) groups excluding carboxylic acids is 1. The van der Waals surface area contributed by atoms with Crippen LogP contribution in [0.1, 0.15) is 30.7 Å². The first kappa shape index (κ1) is 21.7. The van der Waals surface area contributed by atoms with Gasteiger partial charge < -0.3 is 20.6 Å². The number of aryl methyl sites for hydroxylation is 1. The Kier molecular flexibility index (Phi) is 5.55. The lowest BCUT2D eigenvalue weighted by molar-refractivity contribution is -0.117. The first-order chi connectivity index (χ1) is 15.1. The Hall–Kier alpha value is -3.53. The number of aromatic nitrogens is 4. The number of halogens is 1. The summed E-state index contributed by atoms with van der Waals surface area (Å²) in [7, 11) is 1.83.